The van der Waals surface area contributed by atoms with Crippen LogP contribution in [0.15, 0.2) is 55.1 Å². The summed E-state index contributed by atoms with van der Waals surface area (Å²) >= 11 is 0. The SMILES string of the molecule is C=C(CNCCc1ccc(C(C)(C)C)cc1)c1ccc([N+](=O)[O-])cc1. The molecule has 132 valence electrons. The van der Waals surface area contributed by atoms with Gasteiger partial charge in [0.2, 0.25) is 0 Å². The van der Waals surface area contributed by atoms with Crippen molar-refractivity contribution >= 4 is 11.3 Å². The Morgan fingerprint density at radius 1 is 1.08 bits per heavy atom. The molecule has 0 bridgehead atoms. The first-order valence-corrected chi connectivity index (χ1v) is 8.50. The van der Waals surface area contributed by atoms with Crippen LogP contribution in [0.4, 0.5) is 5.69 Å². The zero-order valence-corrected chi connectivity index (χ0v) is 15.2. The van der Waals surface area contributed by atoms with Gasteiger partial charge in [0.05, 0.1) is 4.92 Å². The van der Waals surface area contributed by atoms with Crippen LogP contribution in [-0.4, -0.2) is 18.0 Å². The molecule has 0 saturated heterocycles. The largest absolute Gasteiger partial charge is 0.312 e. The van der Waals surface area contributed by atoms with Crippen LogP contribution < -0.4 is 5.32 Å². The van der Waals surface area contributed by atoms with Crippen LogP contribution in [0.25, 0.3) is 5.57 Å². The predicted molar refractivity (Wildman–Crippen MR) is 104 cm³/mol. The molecule has 2 aromatic carbocycles. The van der Waals surface area contributed by atoms with E-state index in [1.165, 1.54) is 23.3 Å². The normalized spacial score (nSPS) is 11.3. The molecule has 0 saturated carbocycles. The highest BCUT2D eigenvalue weighted by atomic mass is 16.6. The van der Waals surface area contributed by atoms with Gasteiger partial charge in [-0.05, 0) is 52.8 Å². The number of rotatable bonds is 7. The Bertz CT molecular complexity index is 726. The van der Waals surface area contributed by atoms with E-state index >= 15 is 0 Å². The van der Waals surface area contributed by atoms with E-state index in [1.807, 2.05) is 0 Å². The molecule has 25 heavy (non-hydrogen) atoms. The molecule has 1 N–H and O–H groups in total. The Morgan fingerprint density at radius 3 is 2.20 bits per heavy atom. The fraction of sp³-hybridized carbons (Fsp3) is 0.333. The molecule has 0 aromatic heterocycles. The van der Waals surface area contributed by atoms with Gasteiger partial charge < -0.3 is 5.32 Å². The van der Waals surface area contributed by atoms with Gasteiger partial charge in [-0.2, -0.15) is 0 Å². The number of non-ortho nitro benzene ring substituents is 1. The van der Waals surface area contributed by atoms with Gasteiger partial charge in [0, 0.05) is 18.7 Å². The van der Waals surface area contributed by atoms with E-state index in [-0.39, 0.29) is 11.1 Å². The lowest BCUT2D eigenvalue weighted by Crippen LogP contribution is -2.19. The second kappa shape index (κ2) is 8.08. The maximum atomic E-state index is 10.7. The van der Waals surface area contributed by atoms with Crippen LogP contribution in [0.2, 0.25) is 0 Å². The van der Waals surface area contributed by atoms with E-state index in [2.05, 4.69) is 56.9 Å². The minimum Gasteiger partial charge on any atom is -0.312 e. The second-order valence-electron chi connectivity index (χ2n) is 7.28. The maximum absolute atomic E-state index is 10.7. The average molecular weight is 338 g/mol. The van der Waals surface area contributed by atoms with Gasteiger partial charge in [-0.15, -0.1) is 0 Å². The molecule has 0 amide bonds. The summed E-state index contributed by atoms with van der Waals surface area (Å²) in [5.41, 5.74) is 4.78. The smallest absolute Gasteiger partial charge is 0.269 e. The Hall–Kier alpha value is -2.46. The molecule has 0 atom stereocenters. The summed E-state index contributed by atoms with van der Waals surface area (Å²) in [5, 5.41) is 14.1. The molecule has 4 heteroatoms. The first-order chi connectivity index (χ1) is 11.8. The molecular formula is C21H26N2O2. The topological polar surface area (TPSA) is 55.2 Å². The number of nitro groups is 1. The van der Waals surface area contributed by atoms with Crippen LogP contribution in [0.5, 0.6) is 0 Å². The van der Waals surface area contributed by atoms with E-state index in [0.29, 0.717) is 6.54 Å². The van der Waals surface area contributed by atoms with Crippen molar-refractivity contribution in [2.75, 3.05) is 13.1 Å². The summed E-state index contributed by atoms with van der Waals surface area (Å²) in [6.45, 7) is 12.2. The average Bonchev–Trinajstić information content (AvgIpc) is 2.58. The van der Waals surface area contributed by atoms with Crippen molar-refractivity contribution < 1.29 is 4.92 Å². The minimum absolute atomic E-state index is 0.100. The molecule has 0 aliphatic rings. The van der Waals surface area contributed by atoms with Crippen LogP contribution in [0, 0.1) is 10.1 Å². The Morgan fingerprint density at radius 2 is 1.68 bits per heavy atom. The van der Waals surface area contributed by atoms with Crippen molar-refractivity contribution in [3.8, 4) is 0 Å². The minimum atomic E-state index is -0.393. The van der Waals surface area contributed by atoms with Gasteiger partial charge in [0.15, 0.2) is 0 Å². The van der Waals surface area contributed by atoms with Crippen LogP contribution in [0.1, 0.15) is 37.5 Å². The van der Waals surface area contributed by atoms with Gasteiger partial charge in [0.1, 0.15) is 0 Å². The molecule has 0 unspecified atom stereocenters. The van der Waals surface area contributed by atoms with Crippen molar-refractivity contribution in [2.45, 2.75) is 32.6 Å². The Balaban J connectivity index is 1.78. The van der Waals surface area contributed by atoms with Crippen molar-refractivity contribution in [2.24, 2.45) is 0 Å². The number of nitrogens with one attached hydrogen (secondary N) is 1. The number of benzene rings is 2. The van der Waals surface area contributed by atoms with Crippen LogP contribution in [-0.2, 0) is 11.8 Å². The summed E-state index contributed by atoms with van der Waals surface area (Å²) in [4.78, 5) is 10.3. The first kappa shape index (κ1) is 18.9. The first-order valence-electron chi connectivity index (χ1n) is 8.50. The zero-order chi connectivity index (χ0) is 18.4. The molecule has 2 rings (SSSR count). The maximum Gasteiger partial charge on any atom is 0.269 e. The highest BCUT2D eigenvalue weighted by molar-refractivity contribution is 5.65. The zero-order valence-electron chi connectivity index (χ0n) is 15.2. The fourth-order valence-electron chi connectivity index (χ4n) is 2.56. The molecule has 4 nitrogen and oxygen atoms in total. The van der Waals surface area contributed by atoms with E-state index in [4.69, 9.17) is 0 Å². The highest BCUT2D eigenvalue weighted by Gasteiger charge is 2.12. The molecule has 0 spiro atoms. The third kappa shape index (κ3) is 5.54. The lowest BCUT2D eigenvalue weighted by atomic mass is 9.86. The lowest BCUT2D eigenvalue weighted by molar-refractivity contribution is -0.384. The standard InChI is InChI=1S/C21H26N2O2/c1-16(18-7-11-20(12-8-18)23(24)25)15-22-14-13-17-5-9-19(10-6-17)21(2,3)4/h5-12,22H,1,13-15H2,2-4H3. The molecule has 0 fully saturated rings. The summed E-state index contributed by atoms with van der Waals surface area (Å²) in [6, 6.07) is 15.3. The van der Waals surface area contributed by atoms with E-state index in [1.54, 1.807) is 12.1 Å². The van der Waals surface area contributed by atoms with Gasteiger partial charge in [0.25, 0.3) is 5.69 Å². The van der Waals surface area contributed by atoms with Gasteiger partial charge in [-0.25, -0.2) is 0 Å². The molecular weight excluding hydrogens is 312 g/mol. The van der Waals surface area contributed by atoms with Crippen LogP contribution in [0.3, 0.4) is 0 Å². The molecule has 0 aliphatic carbocycles. The molecule has 0 radical (unpaired) electrons. The molecule has 0 aliphatic heterocycles. The molecule has 2 aromatic rings. The summed E-state index contributed by atoms with van der Waals surface area (Å²) < 4.78 is 0. The van der Waals surface area contributed by atoms with Crippen molar-refractivity contribution in [3.63, 3.8) is 0 Å². The van der Waals surface area contributed by atoms with E-state index in [9.17, 15) is 10.1 Å². The van der Waals surface area contributed by atoms with E-state index in [0.717, 1.165) is 24.1 Å². The number of nitrogens with zero attached hydrogens (tertiary/aromatic N) is 1. The Kier molecular flexibility index (Phi) is 6.10. The van der Waals surface area contributed by atoms with Crippen molar-refractivity contribution in [3.05, 3.63) is 81.9 Å². The van der Waals surface area contributed by atoms with Crippen molar-refractivity contribution in [1.82, 2.24) is 5.32 Å². The van der Waals surface area contributed by atoms with Gasteiger partial charge >= 0.3 is 0 Å². The number of hydrogen-bond donors (Lipinski definition) is 1. The quantitative estimate of drug-likeness (QED) is 0.451. The predicted octanol–water partition coefficient (Wildman–Crippen LogP) is 4.74. The third-order valence-corrected chi connectivity index (χ3v) is 4.24. The summed E-state index contributed by atoms with van der Waals surface area (Å²) in [6.07, 6.45) is 0.956. The number of nitro benzene ring substituents is 1. The number of hydrogen-bond acceptors (Lipinski definition) is 3. The van der Waals surface area contributed by atoms with Gasteiger partial charge in [-0.3, -0.25) is 10.1 Å². The monoisotopic (exact) mass is 338 g/mol. The van der Waals surface area contributed by atoms with E-state index < -0.39 is 4.92 Å². The Labute approximate surface area is 149 Å². The van der Waals surface area contributed by atoms with Gasteiger partial charge in [-0.1, -0.05) is 51.6 Å². The summed E-state index contributed by atoms with van der Waals surface area (Å²) in [5.74, 6) is 0. The second-order valence-corrected chi connectivity index (χ2v) is 7.28. The molecule has 0 heterocycles. The van der Waals surface area contributed by atoms with Crippen molar-refractivity contribution in [1.29, 1.82) is 0 Å². The third-order valence-electron chi connectivity index (χ3n) is 4.24. The summed E-state index contributed by atoms with van der Waals surface area (Å²) in [7, 11) is 0. The van der Waals surface area contributed by atoms with Crippen LogP contribution >= 0.6 is 0 Å². The lowest BCUT2D eigenvalue weighted by Gasteiger charge is -2.19. The highest BCUT2D eigenvalue weighted by Crippen LogP contribution is 2.22. The fourth-order valence-corrected chi connectivity index (χ4v) is 2.56.